The largest absolute Gasteiger partial charge is 0.493 e. The van der Waals surface area contributed by atoms with Gasteiger partial charge in [0.2, 0.25) is 0 Å². The molecule has 128 valence electrons. The van der Waals surface area contributed by atoms with Gasteiger partial charge in [0, 0.05) is 0 Å². The maximum atomic E-state index is 12.6. The van der Waals surface area contributed by atoms with Crippen molar-refractivity contribution in [2.75, 3.05) is 19.6 Å². The zero-order valence-electron chi connectivity index (χ0n) is 13.7. The van der Waals surface area contributed by atoms with Gasteiger partial charge in [-0.2, -0.15) is 0 Å². The number of carbonyl (C=O) groups is 1. The van der Waals surface area contributed by atoms with E-state index in [2.05, 4.69) is 5.43 Å². The number of nitrogens with zero attached hydrogens (tertiary/aromatic N) is 1. The van der Waals surface area contributed by atoms with E-state index in [1.54, 1.807) is 26.4 Å². The van der Waals surface area contributed by atoms with Gasteiger partial charge in [0.1, 0.15) is 0 Å². The van der Waals surface area contributed by atoms with E-state index in [4.69, 9.17) is 21.7 Å². The molecule has 0 saturated carbocycles. The van der Waals surface area contributed by atoms with E-state index in [-0.39, 0.29) is 5.91 Å². The smallest absolute Gasteiger partial charge is 0.285 e. The molecule has 0 atom stereocenters. The minimum Gasteiger partial charge on any atom is -0.493 e. The van der Waals surface area contributed by atoms with Crippen LogP contribution in [0.25, 0.3) is 6.08 Å². The van der Waals surface area contributed by atoms with Crippen LogP contribution in [0.15, 0.2) is 53.4 Å². The second kappa shape index (κ2) is 7.58. The number of nitrogens with one attached hydrogen (secondary N) is 1. The zero-order valence-corrected chi connectivity index (χ0v) is 15.3. The minimum absolute atomic E-state index is 0.186. The van der Waals surface area contributed by atoms with Gasteiger partial charge in [-0.3, -0.25) is 10.2 Å². The van der Waals surface area contributed by atoms with Crippen molar-refractivity contribution in [1.82, 2.24) is 5.01 Å². The quantitative estimate of drug-likeness (QED) is 0.634. The highest BCUT2D eigenvalue weighted by Gasteiger charge is 2.32. The molecule has 0 bridgehead atoms. The Labute approximate surface area is 155 Å². The molecule has 2 aromatic carbocycles. The van der Waals surface area contributed by atoms with Gasteiger partial charge < -0.3 is 9.47 Å². The minimum atomic E-state index is -0.186. The Kier molecular flexibility index (Phi) is 5.25. The van der Waals surface area contributed by atoms with Gasteiger partial charge in [-0.25, -0.2) is 5.01 Å². The summed E-state index contributed by atoms with van der Waals surface area (Å²) in [6.45, 7) is 0. The molecule has 0 unspecified atom stereocenters. The van der Waals surface area contributed by atoms with Crippen LogP contribution in [0.4, 0.5) is 5.69 Å². The second-order valence-electron chi connectivity index (χ2n) is 5.11. The molecular formula is C18H16N2O3S2. The summed E-state index contributed by atoms with van der Waals surface area (Å²) in [5, 5.41) is 1.38. The molecule has 1 aliphatic heterocycles. The van der Waals surface area contributed by atoms with Crippen LogP contribution in [0.3, 0.4) is 0 Å². The van der Waals surface area contributed by atoms with Gasteiger partial charge >= 0.3 is 0 Å². The fourth-order valence-electron chi connectivity index (χ4n) is 2.30. The van der Waals surface area contributed by atoms with Gasteiger partial charge in [-0.1, -0.05) is 36.0 Å². The van der Waals surface area contributed by atoms with E-state index in [1.165, 1.54) is 16.8 Å². The molecule has 3 rings (SSSR count). The number of hydrogen-bond donors (Lipinski definition) is 1. The number of carbonyl (C=O) groups excluding carboxylic acids is 1. The summed E-state index contributed by atoms with van der Waals surface area (Å²) >= 11 is 6.57. The predicted molar refractivity (Wildman–Crippen MR) is 105 cm³/mol. The summed E-state index contributed by atoms with van der Waals surface area (Å²) < 4.78 is 11.0. The molecule has 1 amide bonds. The molecule has 2 aromatic rings. The maximum Gasteiger partial charge on any atom is 0.285 e. The SMILES string of the molecule is COc1ccc(/C=C2\SC(=S)N(Nc3ccccc3)C2=O)cc1OC. The van der Waals surface area contributed by atoms with Crippen LogP contribution in [0.5, 0.6) is 11.5 Å². The summed E-state index contributed by atoms with van der Waals surface area (Å²) in [6.07, 6.45) is 1.79. The first-order chi connectivity index (χ1) is 12.1. The molecule has 1 fully saturated rings. The van der Waals surface area contributed by atoms with Crippen molar-refractivity contribution in [3.8, 4) is 11.5 Å². The molecule has 1 saturated heterocycles. The Morgan fingerprint density at radius 3 is 2.48 bits per heavy atom. The van der Waals surface area contributed by atoms with Crippen LogP contribution in [0, 0.1) is 0 Å². The average Bonchev–Trinajstić information content (AvgIpc) is 2.90. The number of benzene rings is 2. The van der Waals surface area contributed by atoms with Crippen molar-refractivity contribution in [2.24, 2.45) is 0 Å². The number of para-hydroxylation sites is 1. The summed E-state index contributed by atoms with van der Waals surface area (Å²) in [5.74, 6) is 1.06. The molecule has 7 heteroatoms. The molecule has 1 aliphatic rings. The van der Waals surface area contributed by atoms with Gasteiger partial charge in [0.05, 0.1) is 24.8 Å². The van der Waals surface area contributed by atoms with Crippen LogP contribution in [0.1, 0.15) is 5.56 Å². The average molecular weight is 372 g/mol. The number of thiocarbonyl (C=S) groups is 1. The van der Waals surface area contributed by atoms with Crippen LogP contribution >= 0.6 is 24.0 Å². The highest BCUT2D eigenvalue weighted by atomic mass is 32.2. The first kappa shape index (κ1) is 17.3. The number of hydrazine groups is 1. The van der Waals surface area contributed by atoms with E-state index < -0.39 is 0 Å². The van der Waals surface area contributed by atoms with Crippen LogP contribution in [-0.2, 0) is 4.79 Å². The van der Waals surface area contributed by atoms with Crippen molar-refractivity contribution in [2.45, 2.75) is 0 Å². The van der Waals surface area contributed by atoms with Crippen molar-refractivity contribution >= 4 is 46.0 Å². The van der Waals surface area contributed by atoms with Crippen molar-refractivity contribution < 1.29 is 14.3 Å². The second-order valence-corrected chi connectivity index (χ2v) is 6.79. The third-order valence-corrected chi connectivity index (χ3v) is 4.82. The standard InChI is InChI=1S/C18H16N2O3S2/c1-22-14-9-8-12(10-15(14)23-2)11-16-17(21)20(18(24)25-16)19-13-6-4-3-5-7-13/h3-11,19H,1-2H3/b16-11-. The van der Waals surface area contributed by atoms with E-state index in [1.807, 2.05) is 42.5 Å². The summed E-state index contributed by atoms with van der Waals surface area (Å²) in [6, 6.07) is 14.9. The first-order valence-corrected chi connectivity index (χ1v) is 8.66. The predicted octanol–water partition coefficient (Wildman–Crippen LogP) is 3.93. The Balaban J connectivity index is 1.83. The molecule has 1 N–H and O–H groups in total. The van der Waals surface area contributed by atoms with Gasteiger partial charge in [-0.05, 0) is 48.1 Å². The van der Waals surface area contributed by atoms with Crippen molar-refractivity contribution in [3.63, 3.8) is 0 Å². The summed E-state index contributed by atoms with van der Waals surface area (Å²) in [5.41, 5.74) is 4.66. The molecule has 5 nitrogen and oxygen atoms in total. The Morgan fingerprint density at radius 2 is 1.80 bits per heavy atom. The zero-order chi connectivity index (χ0) is 17.8. The third kappa shape index (κ3) is 3.78. The normalized spacial score (nSPS) is 15.6. The van der Waals surface area contributed by atoms with Crippen LogP contribution in [0.2, 0.25) is 0 Å². The third-order valence-electron chi connectivity index (χ3n) is 3.51. The van der Waals surface area contributed by atoms with E-state index in [0.717, 1.165) is 11.3 Å². The molecule has 0 aromatic heterocycles. The molecular weight excluding hydrogens is 356 g/mol. The lowest BCUT2D eigenvalue weighted by Gasteiger charge is -2.16. The summed E-state index contributed by atoms with van der Waals surface area (Å²) in [4.78, 5) is 13.2. The number of hydrogen-bond acceptors (Lipinski definition) is 6. The first-order valence-electron chi connectivity index (χ1n) is 7.44. The fourth-order valence-corrected chi connectivity index (χ4v) is 3.48. The van der Waals surface area contributed by atoms with E-state index in [0.29, 0.717) is 20.7 Å². The van der Waals surface area contributed by atoms with Crippen LogP contribution in [-0.4, -0.2) is 29.5 Å². The molecule has 0 radical (unpaired) electrons. The number of amides is 1. The number of ether oxygens (including phenoxy) is 2. The van der Waals surface area contributed by atoms with E-state index in [9.17, 15) is 4.79 Å². The highest BCUT2D eigenvalue weighted by molar-refractivity contribution is 8.26. The van der Waals surface area contributed by atoms with Gasteiger partial charge in [0.25, 0.3) is 5.91 Å². The Hall–Kier alpha value is -2.51. The number of anilines is 1. The summed E-state index contributed by atoms with van der Waals surface area (Å²) in [7, 11) is 3.16. The van der Waals surface area contributed by atoms with Crippen molar-refractivity contribution in [3.05, 3.63) is 59.0 Å². The number of methoxy groups -OCH3 is 2. The topological polar surface area (TPSA) is 50.8 Å². The lowest BCUT2D eigenvalue weighted by Crippen LogP contribution is -2.33. The molecule has 25 heavy (non-hydrogen) atoms. The molecule has 0 spiro atoms. The Morgan fingerprint density at radius 1 is 1.08 bits per heavy atom. The van der Waals surface area contributed by atoms with Gasteiger partial charge in [-0.15, -0.1) is 0 Å². The Bertz CT molecular complexity index is 837. The fraction of sp³-hybridized carbons (Fsp3) is 0.111. The van der Waals surface area contributed by atoms with E-state index >= 15 is 0 Å². The number of thioether (sulfide) groups is 1. The highest BCUT2D eigenvalue weighted by Crippen LogP contribution is 2.34. The monoisotopic (exact) mass is 372 g/mol. The van der Waals surface area contributed by atoms with Gasteiger partial charge in [0.15, 0.2) is 15.8 Å². The molecule has 1 heterocycles. The number of rotatable bonds is 5. The maximum absolute atomic E-state index is 12.6. The lowest BCUT2D eigenvalue weighted by molar-refractivity contribution is -0.121. The molecule has 0 aliphatic carbocycles. The lowest BCUT2D eigenvalue weighted by atomic mass is 10.2. The van der Waals surface area contributed by atoms with Crippen LogP contribution < -0.4 is 14.9 Å². The van der Waals surface area contributed by atoms with Crippen molar-refractivity contribution in [1.29, 1.82) is 0 Å².